The largest absolute Gasteiger partial charge is 0.481 e. The molecule has 0 aliphatic carbocycles. The van der Waals surface area contributed by atoms with E-state index in [0.29, 0.717) is 13.1 Å². The molecule has 5 heteroatoms. The Balaban J connectivity index is 1.82. The topological polar surface area (TPSA) is 69.2 Å². The molecule has 1 saturated heterocycles. The van der Waals surface area contributed by atoms with Gasteiger partial charge >= 0.3 is 5.97 Å². The van der Waals surface area contributed by atoms with E-state index in [2.05, 4.69) is 14.9 Å². The highest BCUT2D eigenvalue weighted by Gasteiger charge is 2.39. The number of aromatic nitrogens is 2. The maximum absolute atomic E-state index is 11.6. The summed E-state index contributed by atoms with van der Waals surface area (Å²) in [5.41, 5.74) is 2.31. The zero-order chi connectivity index (χ0) is 14.8. The molecule has 2 N–H and O–H groups in total. The second-order valence-electron chi connectivity index (χ2n) is 5.64. The Morgan fingerprint density at radius 1 is 1.43 bits per heavy atom. The van der Waals surface area contributed by atoms with Crippen LogP contribution in [0.4, 0.5) is 0 Å². The molecule has 1 aromatic heterocycles. The molecule has 1 aliphatic rings. The molecule has 5 nitrogen and oxygen atoms in total. The van der Waals surface area contributed by atoms with Crippen LogP contribution in [0, 0.1) is 12.8 Å². The molecular weight excluding hydrogens is 266 g/mol. The third kappa shape index (κ3) is 2.83. The van der Waals surface area contributed by atoms with Crippen LogP contribution < -0.4 is 0 Å². The summed E-state index contributed by atoms with van der Waals surface area (Å²) < 4.78 is 0. The molecule has 2 heterocycles. The zero-order valence-corrected chi connectivity index (χ0v) is 12.0. The van der Waals surface area contributed by atoms with Gasteiger partial charge in [-0.2, -0.15) is 0 Å². The van der Waals surface area contributed by atoms with Crippen LogP contribution in [0.2, 0.25) is 0 Å². The predicted molar refractivity (Wildman–Crippen MR) is 78.9 cm³/mol. The van der Waals surface area contributed by atoms with Crippen molar-refractivity contribution in [3.05, 3.63) is 53.6 Å². The number of carbonyl (C=O) groups is 1. The summed E-state index contributed by atoms with van der Waals surface area (Å²) in [4.78, 5) is 21.1. The maximum atomic E-state index is 11.6. The number of aryl methyl sites for hydroxylation is 1. The Labute approximate surface area is 123 Å². The number of hydrogen-bond acceptors (Lipinski definition) is 3. The summed E-state index contributed by atoms with van der Waals surface area (Å²) in [6.07, 6.45) is 3.51. The summed E-state index contributed by atoms with van der Waals surface area (Å²) in [7, 11) is 0. The first-order chi connectivity index (χ1) is 10.1. The zero-order valence-electron chi connectivity index (χ0n) is 12.0. The van der Waals surface area contributed by atoms with Crippen molar-refractivity contribution in [2.24, 2.45) is 5.92 Å². The lowest BCUT2D eigenvalue weighted by atomic mass is 9.86. The van der Waals surface area contributed by atoms with Gasteiger partial charge in [-0.05, 0) is 18.1 Å². The van der Waals surface area contributed by atoms with Gasteiger partial charge in [-0.25, -0.2) is 4.98 Å². The second-order valence-corrected chi connectivity index (χ2v) is 5.64. The number of nitrogens with zero attached hydrogens (tertiary/aromatic N) is 2. The number of carboxylic acids is 1. The Morgan fingerprint density at radius 2 is 2.24 bits per heavy atom. The van der Waals surface area contributed by atoms with Crippen molar-refractivity contribution in [3.63, 3.8) is 0 Å². The number of rotatable bonds is 4. The fourth-order valence-corrected chi connectivity index (χ4v) is 3.18. The molecule has 0 unspecified atom stereocenters. The van der Waals surface area contributed by atoms with Gasteiger partial charge in [0.1, 0.15) is 5.82 Å². The standard InChI is InChI=1S/C16H19N3O2/c1-11-4-2-3-5-12(11)13-8-19(9-14(13)16(20)21)10-15-17-6-7-18-15/h2-7,13-14H,8-10H2,1H3,(H,17,18)(H,20,21)/t13-,14+/m0/s1. The van der Waals surface area contributed by atoms with Gasteiger partial charge in [0, 0.05) is 31.4 Å². The van der Waals surface area contributed by atoms with Gasteiger partial charge in [0.15, 0.2) is 0 Å². The Hall–Kier alpha value is -2.14. The smallest absolute Gasteiger partial charge is 0.308 e. The number of H-pyrrole nitrogens is 1. The summed E-state index contributed by atoms with van der Waals surface area (Å²) in [6, 6.07) is 8.07. The van der Waals surface area contributed by atoms with Crippen molar-refractivity contribution >= 4 is 5.97 Å². The van der Waals surface area contributed by atoms with E-state index in [4.69, 9.17) is 0 Å². The van der Waals surface area contributed by atoms with E-state index in [9.17, 15) is 9.90 Å². The first-order valence-corrected chi connectivity index (χ1v) is 7.14. The number of carboxylic acid groups (broad SMARTS) is 1. The van der Waals surface area contributed by atoms with Crippen molar-refractivity contribution in [2.45, 2.75) is 19.4 Å². The first kappa shape index (κ1) is 13.8. The summed E-state index contributed by atoms with van der Waals surface area (Å²) in [5.74, 6) is -0.158. The van der Waals surface area contributed by atoms with Gasteiger partial charge in [0.05, 0.1) is 12.5 Å². The molecule has 0 radical (unpaired) electrons. The van der Waals surface area contributed by atoms with Gasteiger partial charge < -0.3 is 10.1 Å². The van der Waals surface area contributed by atoms with Crippen molar-refractivity contribution < 1.29 is 9.90 Å². The average Bonchev–Trinajstić information content (AvgIpc) is 3.09. The minimum absolute atomic E-state index is 0.0404. The van der Waals surface area contributed by atoms with Crippen LogP contribution in [0.3, 0.4) is 0 Å². The third-order valence-electron chi connectivity index (χ3n) is 4.23. The molecular formula is C16H19N3O2. The second kappa shape index (κ2) is 5.69. The van der Waals surface area contributed by atoms with Crippen LogP contribution in [-0.2, 0) is 11.3 Å². The lowest BCUT2D eigenvalue weighted by molar-refractivity contribution is -0.141. The van der Waals surface area contributed by atoms with E-state index in [-0.39, 0.29) is 11.8 Å². The van der Waals surface area contributed by atoms with Gasteiger partial charge in [-0.1, -0.05) is 24.3 Å². The number of imidazole rings is 1. The number of hydrogen-bond donors (Lipinski definition) is 2. The van der Waals surface area contributed by atoms with Crippen molar-refractivity contribution in [1.29, 1.82) is 0 Å². The number of likely N-dealkylation sites (tertiary alicyclic amines) is 1. The van der Waals surface area contributed by atoms with Gasteiger partial charge in [0.2, 0.25) is 0 Å². The van der Waals surface area contributed by atoms with Crippen LogP contribution in [0.15, 0.2) is 36.7 Å². The molecule has 21 heavy (non-hydrogen) atoms. The van der Waals surface area contributed by atoms with E-state index in [1.54, 1.807) is 12.4 Å². The van der Waals surface area contributed by atoms with E-state index in [0.717, 1.165) is 23.5 Å². The number of aliphatic carboxylic acids is 1. The van der Waals surface area contributed by atoms with Gasteiger partial charge in [-0.15, -0.1) is 0 Å². The molecule has 3 rings (SSSR count). The van der Waals surface area contributed by atoms with E-state index < -0.39 is 5.97 Å². The molecule has 2 aromatic rings. The summed E-state index contributed by atoms with van der Waals surface area (Å²) in [5, 5.41) is 9.53. The quantitative estimate of drug-likeness (QED) is 0.901. The van der Waals surface area contributed by atoms with Crippen molar-refractivity contribution in [1.82, 2.24) is 14.9 Å². The molecule has 0 bridgehead atoms. The molecule has 0 amide bonds. The predicted octanol–water partition coefficient (Wildman–Crippen LogP) is 2.02. The molecule has 0 saturated carbocycles. The maximum Gasteiger partial charge on any atom is 0.308 e. The van der Waals surface area contributed by atoms with Gasteiger partial charge in [-0.3, -0.25) is 9.69 Å². The SMILES string of the molecule is Cc1ccccc1[C@@H]1CN(Cc2ncc[nH]2)C[C@H]1C(=O)O. The molecule has 2 atom stereocenters. The molecule has 0 spiro atoms. The van der Waals surface area contributed by atoms with E-state index in [1.807, 2.05) is 31.2 Å². The Kier molecular flexibility index (Phi) is 3.75. The minimum atomic E-state index is -0.717. The molecule has 1 fully saturated rings. The monoisotopic (exact) mass is 285 g/mol. The fourth-order valence-electron chi connectivity index (χ4n) is 3.18. The third-order valence-corrected chi connectivity index (χ3v) is 4.23. The van der Waals surface area contributed by atoms with E-state index >= 15 is 0 Å². The Morgan fingerprint density at radius 3 is 2.90 bits per heavy atom. The number of benzene rings is 1. The van der Waals surface area contributed by atoms with Crippen LogP contribution in [0.25, 0.3) is 0 Å². The van der Waals surface area contributed by atoms with Crippen molar-refractivity contribution in [3.8, 4) is 0 Å². The fraction of sp³-hybridized carbons (Fsp3) is 0.375. The highest BCUT2D eigenvalue weighted by atomic mass is 16.4. The highest BCUT2D eigenvalue weighted by Crippen LogP contribution is 2.34. The molecule has 1 aliphatic heterocycles. The molecule has 110 valence electrons. The Bertz CT molecular complexity index is 624. The first-order valence-electron chi connectivity index (χ1n) is 7.14. The highest BCUT2D eigenvalue weighted by molar-refractivity contribution is 5.72. The molecule has 1 aromatic carbocycles. The lowest BCUT2D eigenvalue weighted by Gasteiger charge is -2.17. The lowest BCUT2D eigenvalue weighted by Crippen LogP contribution is -2.23. The average molecular weight is 285 g/mol. The summed E-state index contributed by atoms with van der Waals surface area (Å²) in [6.45, 7) is 4.03. The van der Waals surface area contributed by atoms with Crippen LogP contribution in [0.5, 0.6) is 0 Å². The van der Waals surface area contributed by atoms with Crippen LogP contribution in [0.1, 0.15) is 22.9 Å². The summed E-state index contributed by atoms with van der Waals surface area (Å²) >= 11 is 0. The minimum Gasteiger partial charge on any atom is -0.481 e. The van der Waals surface area contributed by atoms with Crippen molar-refractivity contribution in [2.75, 3.05) is 13.1 Å². The normalized spacial score (nSPS) is 22.5. The van der Waals surface area contributed by atoms with Crippen LogP contribution >= 0.6 is 0 Å². The van der Waals surface area contributed by atoms with Gasteiger partial charge in [0.25, 0.3) is 0 Å². The van der Waals surface area contributed by atoms with Crippen LogP contribution in [-0.4, -0.2) is 39.0 Å². The number of nitrogens with one attached hydrogen (secondary N) is 1. The number of aromatic amines is 1. The van der Waals surface area contributed by atoms with E-state index in [1.165, 1.54) is 0 Å².